The van der Waals surface area contributed by atoms with E-state index in [1.165, 1.54) is 12.1 Å². The van der Waals surface area contributed by atoms with E-state index in [9.17, 15) is 9.18 Å². The standard InChI is InChI=1S/C17H16FN3O2/c1-11-3-8-15(19-10-11)20-16(22)17(2)9-14(21-23-17)12-4-6-13(18)7-5-12/h3-8,10H,9H2,1-2H3,(H,19,20,22). The molecule has 23 heavy (non-hydrogen) atoms. The summed E-state index contributed by atoms with van der Waals surface area (Å²) in [5.74, 6) is -0.186. The fraction of sp³-hybridized carbons (Fsp3) is 0.235. The van der Waals surface area contributed by atoms with Crippen molar-refractivity contribution in [1.82, 2.24) is 4.98 Å². The normalized spacial score (nSPS) is 19.9. The summed E-state index contributed by atoms with van der Waals surface area (Å²) in [5.41, 5.74) is 1.24. The molecule has 2 heterocycles. The Labute approximate surface area is 133 Å². The molecule has 1 atom stereocenters. The molecule has 1 amide bonds. The van der Waals surface area contributed by atoms with Gasteiger partial charge in [-0.2, -0.15) is 0 Å². The van der Waals surface area contributed by atoms with E-state index < -0.39 is 5.60 Å². The van der Waals surface area contributed by atoms with Crippen LogP contribution in [0.3, 0.4) is 0 Å². The highest BCUT2D eigenvalue weighted by atomic mass is 19.1. The van der Waals surface area contributed by atoms with E-state index in [1.807, 2.05) is 13.0 Å². The van der Waals surface area contributed by atoms with Crippen molar-refractivity contribution in [3.8, 4) is 0 Å². The lowest BCUT2D eigenvalue weighted by molar-refractivity contribution is -0.135. The van der Waals surface area contributed by atoms with Crippen LogP contribution in [0, 0.1) is 12.7 Å². The highest BCUT2D eigenvalue weighted by Gasteiger charge is 2.42. The molecule has 6 heteroatoms. The molecule has 0 saturated carbocycles. The Hall–Kier alpha value is -2.76. The number of aromatic nitrogens is 1. The van der Waals surface area contributed by atoms with Gasteiger partial charge in [-0.25, -0.2) is 9.37 Å². The third-order valence-corrected chi connectivity index (χ3v) is 3.67. The van der Waals surface area contributed by atoms with Crippen LogP contribution >= 0.6 is 0 Å². The number of carbonyl (C=O) groups is 1. The zero-order valence-corrected chi connectivity index (χ0v) is 12.8. The molecule has 5 nitrogen and oxygen atoms in total. The minimum Gasteiger partial charge on any atom is -0.379 e. The van der Waals surface area contributed by atoms with E-state index >= 15 is 0 Å². The highest BCUT2D eigenvalue weighted by molar-refractivity contribution is 6.07. The molecule has 0 saturated heterocycles. The molecule has 0 fully saturated rings. The predicted octanol–water partition coefficient (Wildman–Crippen LogP) is 3.05. The summed E-state index contributed by atoms with van der Waals surface area (Å²) in [6.45, 7) is 3.58. The fourth-order valence-electron chi connectivity index (χ4n) is 2.25. The number of hydrogen-bond donors (Lipinski definition) is 1. The van der Waals surface area contributed by atoms with Crippen LogP contribution in [-0.2, 0) is 9.63 Å². The summed E-state index contributed by atoms with van der Waals surface area (Å²) >= 11 is 0. The van der Waals surface area contributed by atoms with Crippen LogP contribution in [0.5, 0.6) is 0 Å². The quantitative estimate of drug-likeness (QED) is 0.947. The van der Waals surface area contributed by atoms with E-state index in [4.69, 9.17) is 4.84 Å². The molecule has 1 aliphatic heterocycles. The molecule has 1 N–H and O–H groups in total. The van der Waals surface area contributed by atoms with E-state index in [0.717, 1.165) is 11.1 Å². The molecule has 1 aromatic heterocycles. The molecular weight excluding hydrogens is 297 g/mol. The van der Waals surface area contributed by atoms with Gasteiger partial charge in [-0.3, -0.25) is 4.79 Å². The number of carbonyl (C=O) groups excluding carboxylic acids is 1. The number of aryl methyl sites for hydroxylation is 1. The van der Waals surface area contributed by atoms with Gasteiger partial charge in [-0.05, 0) is 43.2 Å². The second kappa shape index (κ2) is 5.79. The average molecular weight is 313 g/mol. The van der Waals surface area contributed by atoms with Crippen molar-refractivity contribution in [3.63, 3.8) is 0 Å². The predicted molar refractivity (Wildman–Crippen MR) is 84.6 cm³/mol. The lowest BCUT2D eigenvalue weighted by atomic mass is 9.95. The van der Waals surface area contributed by atoms with Gasteiger partial charge in [0.2, 0.25) is 5.60 Å². The van der Waals surface area contributed by atoms with Crippen LogP contribution in [0.15, 0.2) is 47.8 Å². The number of halogens is 1. The number of rotatable bonds is 3. The molecule has 0 aliphatic carbocycles. The number of pyridine rings is 1. The third-order valence-electron chi connectivity index (χ3n) is 3.67. The zero-order chi connectivity index (χ0) is 16.4. The lowest BCUT2D eigenvalue weighted by Gasteiger charge is -2.20. The summed E-state index contributed by atoms with van der Waals surface area (Å²) < 4.78 is 13.0. The van der Waals surface area contributed by atoms with Crippen LogP contribution < -0.4 is 5.32 Å². The molecule has 1 aliphatic rings. The Bertz CT molecular complexity index is 756. The number of oxime groups is 1. The Morgan fingerprint density at radius 2 is 2.00 bits per heavy atom. The van der Waals surface area contributed by atoms with Crippen LogP contribution in [0.2, 0.25) is 0 Å². The molecule has 1 unspecified atom stereocenters. The smallest absolute Gasteiger partial charge is 0.272 e. The molecule has 118 valence electrons. The fourth-order valence-corrected chi connectivity index (χ4v) is 2.25. The first-order valence-electron chi connectivity index (χ1n) is 7.21. The van der Waals surface area contributed by atoms with Crippen molar-refractivity contribution in [2.75, 3.05) is 5.32 Å². The second-order valence-corrected chi connectivity index (χ2v) is 5.72. The Kier molecular flexibility index (Phi) is 3.82. The van der Waals surface area contributed by atoms with Crippen LogP contribution in [0.25, 0.3) is 0 Å². The number of amides is 1. The number of anilines is 1. The van der Waals surface area contributed by atoms with Crippen molar-refractivity contribution in [2.45, 2.75) is 25.9 Å². The number of hydrogen-bond acceptors (Lipinski definition) is 4. The van der Waals surface area contributed by atoms with Gasteiger partial charge in [0.15, 0.2) is 0 Å². The van der Waals surface area contributed by atoms with Gasteiger partial charge in [0.1, 0.15) is 11.6 Å². The maximum Gasteiger partial charge on any atom is 0.272 e. The van der Waals surface area contributed by atoms with Crippen molar-refractivity contribution in [1.29, 1.82) is 0 Å². The zero-order valence-electron chi connectivity index (χ0n) is 12.8. The molecule has 0 spiro atoms. The minimum atomic E-state index is -1.11. The molecule has 3 rings (SSSR count). The van der Waals surface area contributed by atoms with E-state index in [2.05, 4.69) is 15.5 Å². The van der Waals surface area contributed by atoms with Gasteiger partial charge in [0, 0.05) is 12.6 Å². The monoisotopic (exact) mass is 313 g/mol. The number of nitrogens with one attached hydrogen (secondary N) is 1. The largest absolute Gasteiger partial charge is 0.379 e. The van der Waals surface area contributed by atoms with Gasteiger partial charge in [0.05, 0.1) is 5.71 Å². The minimum absolute atomic E-state index is 0.302. The Morgan fingerprint density at radius 3 is 2.65 bits per heavy atom. The van der Waals surface area contributed by atoms with Gasteiger partial charge < -0.3 is 10.2 Å². The molecule has 1 aromatic carbocycles. The van der Waals surface area contributed by atoms with Crippen molar-refractivity contribution in [3.05, 3.63) is 59.5 Å². The summed E-state index contributed by atoms with van der Waals surface area (Å²) in [6, 6.07) is 9.52. The molecule has 2 aromatic rings. The van der Waals surface area contributed by atoms with Crippen LogP contribution in [-0.4, -0.2) is 22.2 Å². The molecule has 0 radical (unpaired) electrons. The number of benzene rings is 1. The molecular formula is C17H16FN3O2. The van der Waals surface area contributed by atoms with E-state index in [1.54, 1.807) is 31.3 Å². The second-order valence-electron chi connectivity index (χ2n) is 5.72. The summed E-state index contributed by atoms with van der Waals surface area (Å²) in [6.07, 6.45) is 1.98. The van der Waals surface area contributed by atoms with Crippen molar-refractivity contribution < 1.29 is 14.0 Å². The van der Waals surface area contributed by atoms with E-state index in [-0.39, 0.29) is 11.7 Å². The maximum atomic E-state index is 13.0. The Morgan fingerprint density at radius 1 is 1.26 bits per heavy atom. The van der Waals surface area contributed by atoms with Crippen LogP contribution in [0.4, 0.5) is 10.2 Å². The van der Waals surface area contributed by atoms with E-state index in [0.29, 0.717) is 18.0 Å². The highest BCUT2D eigenvalue weighted by Crippen LogP contribution is 2.28. The average Bonchev–Trinajstić information content (AvgIpc) is 2.94. The van der Waals surface area contributed by atoms with Gasteiger partial charge in [-0.15, -0.1) is 0 Å². The first-order chi connectivity index (χ1) is 11.0. The number of nitrogens with zero attached hydrogens (tertiary/aromatic N) is 2. The summed E-state index contributed by atoms with van der Waals surface area (Å²) in [7, 11) is 0. The van der Waals surface area contributed by atoms with Crippen molar-refractivity contribution in [2.24, 2.45) is 5.16 Å². The van der Waals surface area contributed by atoms with Crippen molar-refractivity contribution >= 4 is 17.4 Å². The topological polar surface area (TPSA) is 63.6 Å². The first kappa shape index (κ1) is 15.1. The maximum absolute atomic E-state index is 13.0. The molecule has 0 bridgehead atoms. The van der Waals surface area contributed by atoms with Crippen LogP contribution in [0.1, 0.15) is 24.5 Å². The SMILES string of the molecule is Cc1ccc(NC(=O)C2(C)CC(c3ccc(F)cc3)=NO2)nc1. The summed E-state index contributed by atoms with van der Waals surface area (Å²) in [4.78, 5) is 21.9. The first-order valence-corrected chi connectivity index (χ1v) is 7.21. The lowest BCUT2D eigenvalue weighted by Crippen LogP contribution is -2.40. The van der Waals surface area contributed by atoms with Gasteiger partial charge >= 0.3 is 0 Å². The van der Waals surface area contributed by atoms with Gasteiger partial charge in [0.25, 0.3) is 5.91 Å². The Balaban J connectivity index is 1.70. The third kappa shape index (κ3) is 3.21. The summed E-state index contributed by atoms with van der Waals surface area (Å²) in [5, 5.41) is 6.70. The van der Waals surface area contributed by atoms with Gasteiger partial charge in [-0.1, -0.05) is 23.4 Å².